The number of nitrogens with zero attached hydrogens (tertiary/aromatic N) is 3. The maximum atomic E-state index is 12.8. The summed E-state index contributed by atoms with van der Waals surface area (Å²) in [5, 5.41) is 21.3. The molecule has 0 atom stereocenters. The molecule has 1 aliphatic heterocycles. The number of anilines is 1. The summed E-state index contributed by atoms with van der Waals surface area (Å²) in [4.78, 5) is 25.0. The third-order valence-corrected chi connectivity index (χ3v) is 5.69. The maximum absolute atomic E-state index is 12.8. The number of carbonyl (C=O) groups excluding carboxylic acids is 1. The lowest BCUT2D eigenvalue weighted by atomic mass is 9.98. The van der Waals surface area contributed by atoms with Crippen LogP contribution in [0.2, 0.25) is 0 Å². The molecular formula is C22H23N7O2. The molecule has 9 nitrogen and oxygen atoms in total. The highest BCUT2D eigenvalue weighted by Gasteiger charge is 2.15. The summed E-state index contributed by atoms with van der Waals surface area (Å²) in [6.45, 7) is 2.68. The van der Waals surface area contributed by atoms with Gasteiger partial charge in [-0.1, -0.05) is 18.2 Å². The predicted molar refractivity (Wildman–Crippen MR) is 120 cm³/mol. The third kappa shape index (κ3) is 3.87. The SMILES string of the molecule is O=C(NCC1CCNCC1)Nc1ccc(-n2[nH]c3c(nnc4ccccc43)c2=O)cc1. The Morgan fingerprint density at radius 3 is 2.65 bits per heavy atom. The Kier molecular flexibility index (Phi) is 5.09. The summed E-state index contributed by atoms with van der Waals surface area (Å²) in [5.74, 6) is 0.516. The molecule has 0 spiro atoms. The van der Waals surface area contributed by atoms with Crippen molar-refractivity contribution in [2.75, 3.05) is 25.0 Å². The molecular weight excluding hydrogens is 394 g/mol. The molecule has 0 unspecified atom stereocenters. The topological polar surface area (TPSA) is 117 Å². The Labute approximate surface area is 177 Å². The monoisotopic (exact) mass is 417 g/mol. The molecule has 2 aromatic heterocycles. The van der Waals surface area contributed by atoms with Crippen molar-refractivity contribution in [3.05, 3.63) is 58.9 Å². The number of aromatic nitrogens is 4. The van der Waals surface area contributed by atoms with Crippen LogP contribution in [-0.2, 0) is 0 Å². The Morgan fingerprint density at radius 1 is 1.06 bits per heavy atom. The normalized spacial score (nSPS) is 14.7. The van der Waals surface area contributed by atoms with E-state index in [0.29, 0.717) is 29.4 Å². The molecule has 1 aliphatic rings. The number of hydrogen-bond donors (Lipinski definition) is 4. The number of nitrogens with one attached hydrogen (secondary N) is 4. The average molecular weight is 417 g/mol. The van der Waals surface area contributed by atoms with E-state index >= 15 is 0 Å². The molecule has 0 aliphatic carbocycles. The first-order valence-electron chi connectivity index (χ1n) is 10.4. The molecule has 31 heavy (non-hydrogen) atoms. The van der Waals surface area contributed by atoms with Crippen molar-refractivity contribution in [2.45, 2.75) is 12.8 Å². The average Bonchev–Trinajstić information content (AvgIpc) is 3.16. The molecule has 1 saturated heterocycles. The molecule has 4 N–H and O–H groups in total. The van der Waals surface area contributed by atoms with E-state index in [1.807, 2.05) is 24.3 Å². The number of aromatic amines is 1. The summed E-state index contributed by atoms with van der Waals surface area (Å²) in [6.07, 6.45) is 2.15. The zero-order valence-electron chi connectivity index (χ0n) is 16.9. The predicted octanol–water partition coefficient (Wildman–Crippen LogP) is 2.38. The lowest BCUT2D eigenvalue weighted by Crippen LogP contribution is -2.37. The maximum Gasteiger partial charge on any atom is 0.319 e. The largest absolute Gasteiger partial charge is 0.338 e. The van der Waals surface area contributed by atoms with Gasteiger partial charge in [-0.3, -0.25) is 9.89 Å². The highest BCUT2D eigenvalue weighted by Crippen LogP contribution is 2.19. The minimum Gasteiger partial charge on any atom is -0.338 e. The van der Waals surface area contributed by atoms with Crippen LogP contribution < -0.4 is 21.5 Å². The summed E-state index contributed by atoms with van der Waals surface area (Å²) in [5.41, 5.74) is 2.69. The van der Waals surface area contributed by atoms with Crippen LogP contribution in [0.3, 0.4) is 0 Å². The second-order valence-corrected chi connectivity index (χ2v) is 7.77. The summed E-state index contributed by atoms with van der Waals surface area (Å²) in [7, 11) is 0. The van der Waals surface area contributed by atoms with Gasteiger partial charge in [-0.25, -0.2) is 9.48 Å². The number of H-pyrrole nitrogens is 1. The molecule has 0 saturated carbocycles. The third-order valence-electron chi connectivity index (χ3n) is 5.69. The Bertz CT molecular complexity index is 1290. The van der Waals surface area contributed by atoms with E-state index in [9.17, 15) is 9.59 Å². The number of amides is 2. The number of fused-ring (bicyclic) bond motifs is 3. The first-order chi connectivity index (χ1) is 15.2. The Morgan fingerprint density at radius 2 is 1.84 bits per heavy atom. The van der Waals surface area contributed by atoms with Crippen molar-refractivity contribution in [3.63, 3.8) is 0 Å². The van der Waals surface area contributed by atoms with E-state index in [0.717, 1.165) is 36.8 Å². The van der Waals surface area contributed by atoms with Crippen LogP contribution in [0.5, 0.6) is 0 Å². The Hall–Kier alpha value is -3.72. The fraction of sp³-hybridized carbons (Fsp3) is 0.273. The van der Waals surface area contributed by atoms with Crippen molar-refractivity contribution in [3.8, 4) is 5.69 Å². The Balaban J connectivity index is 1.32. The van der Waals surface area contributed by atoms with Crippen molar-refractivity contribution < 1.29 is 4.79 Å². The molecule has 4 aromatic rings. The van der Waals surface area contributed by atoms with Crippen LogP contribution in [0.1, 0.15) is 12.8 Å². The van der Waals surface area contributed by atoms with Crippen LogP contribution in [-0.4, -0.2) is 45.6 Å². The standard InChI is InChI=1S/C22H23N7O2/c30-21-20-19(17-3-1-2-4-18(17)26-27-20)28-29(21)16-7-5-15(6-8-16)25-22(31)24-13-14-9-11-23-12-10-14/h1-8,14,23,28H,9-13H2,(H2,24,25,31). The van der Waals surface area contributed by atoms with Gasteiger partial charge in [-0.15, -0.1) is 10.2 Å². The number of benzene rings is 2. The van der Waals surface area contributed by atoms with Gasteiger partial charge in [0.25, 0.3) is 5.56 Å². The lowest BCUT2D eigenvalue weighted by molar-refractivity contribution is 0.248. The number of hydrogen-bond acceptors (Lipinski definition) is 5. The second kappa shape index (κ2) is 8.19. The van der Waals surface area contributed by atoms with Gasteiger partial charge in [0, 0.05) is 17.6 Å². The minimum atomic E-state index is -0.270. The zero-order valence-corrected chi connectivity index (χ0v) is 16.9. The van der Waals surface area contributed by atoms with Gasteiger partial charge in [-0.05, 0) is 62.2 Å². The van der Waals surface area contributed by atoms with Gasteiger partial charge in [0.2, 0.25) is 0 Å². The number of carbonyl (C=O) groups is 1. The van der Waals surface area contributed by atoms with E-state index in [4.69, 9.17) is 0 Å². The molecule has 0 radical (unpaired) electrons. The van der Waals surface area contributed by atoms with E-state index < -0.39 is 0 Å². The molecule has 1 fully saturated rings. The van der Waals surface area contributed by atoms with Gasteiger partial charge in [-0.2, -0.15) is 0 Å². The van der Waals surface area contributed by atoms with Crippen molar-refractivity contribution >= 4 is 33.7 Å². The first-order valence-corrected chi connectivity index (χ1v) is 10.4. The fourth-order valence-corrected chi connectivity index (χ4v) is 3.96. The van der Waals surface area contributed by atoms with E-state index in [-0.39, 0.29) is 17.1 Å². The molecule has 158 valence electrons. The number of piperidine rings is 1. The van der Waals surface area contributed by atoms with Crippen molar-refractivity contribution in [2.24, 2.45) is 5.92 Å². The molecule has 3 heterocycles. The van der Waals surface area contributed by atoms with Crippen LogP contribution >= 0.6 is 0 Å². The highest BCUT2D eigenvalue weighted by atomic mass is 16.2. The first kappa shape index (κ1) is 19.3. The molecule has 2 aromatic carbocycles. The molecule has 9 heteroatoms. The molecule has 0 bridgehead atoms. The lowest BCUT2D eigenvalue weighted by Gasteiger charge is -2.22. The summed E-state index contributed by atoms with van der Waals surface area (Å²) in [6, 6.07) is 14.4. The van der Waals surface area contributed by atoms with Gasteiger partial charge in [0.15, 0.2) is 5.52 Å². The van der Waals surface area contributed by atoms with Crippen LogP contribution in [0.25, 0.3) is 27.6 Å². The van der Waals surface area contributed by atoms with Gasteiger partial charge in [0.05, 0.1) is 16.7 Å². The fourth-order valence-electron chi connectivity index (χ4n) is 3.96. The second-order valence-electron chi connectivity index (χ2n) is 7.77. The summed E-state index contributed by atoms with van der Waals surface area (Å²) < 4.78 is 1.44. The van der Waals surface area contributed by atoms with Crippen LogP contribution in [0.4, 0.5) is 10.5 Å². The quantitative estimate of drug-likeness (QED) is 0.407. The number of rotatable bonds is 4. The van der Waals surface area contributed by atoms with E-state index in [1.54, 1.807) is 24.3 Å². The van der Waals surface area contributed by atoms with Gasteiger partial charge < -0.3 is 16.0 Å². The summed E-state index contributed by atoms with van der Waals surface area (Å²) >= 11 is 0. The molecule has 5 rings (SSSR count). The van der Waals surface area contributed by atoms with Crippen LogP contribution in [0, 0.1) is 5.92 Å². The van der Waals surface area contributed by atoms with E-state index in [2.05, 4.69) is 31.2 Å². The van der Waals surface area contributed by atoms with Gasteiger partial charge in [0.1, 0.15) is 0 Å². The molecule has 2 amide bonds. The van der Waals surface area contributed by atoms with Crippen molar-refractivity contribution in [1.82, 2.24) is 30.6 Å². The smallest absolute Gasteiger partial charge is 0.319 e. The van der Waals surface area contributed by atoms with Crippen molar-refractivity contribution in [1.29, 1.82) is 0 Å². The van der Waals surface area contributed by atoms with Crippen LogP contribution in [0.15, 0.2) is 53.3 Å². The number of urea groups is 1. The zero-order chi connectivity index (χ0) is 21.2. The minimum absolute atomic E-state index is 0.226. The van der Waals surface area contributed by atoms with Gasteiger partial charge >= 0.3 is 6.03 Å². The van der Waals surface area contributed by atoms with E-state index in [1.165, 1.54) is 4.68 Å². The highest BCUT2D eigenvalue weighted by molar-refractivity contribution is 6.00.